The minimum absolute atomic E-state index is 0.273. The Morgan fingerprint density at radius 1 is 1.10 bits per heavy atom. The van der Waals surface area contributed by atoms with Crippen LogP contribution < -0.4 is 10.5 Å². The molecule has 0 atom stereocenters. The molecule has 1 aromatic carbocycles. The Hall–Kier alpha value is -2.53. The van der Waals surface area contributed by atoms with E-state index in [2.05, 4.69) is 9.97 Å². The molecule has 0 aliphatic rings. The third kappa shape index (κ3) is 2.98. The second-order valence-corrected chi connectivity index (χ2v) is 4.96. The first-order valence-electron chi connectivity index (χ1n) is 6.45. The van der Waals surface area contributed by atoms with E-state index in [0.717, 1.165) is 22.2 Å². The van der Waals surface area contributed by atoms with Crippen LogP contribution in [0.25, 0.3) is 10.9 Å². The van der Waals surface area contributed by atoms with E-state index >= 15 is 0 Å². The summed E-state index contributed by atoms with van der Waals surface area (Å²) >= 11 is 4.99. The van der Waals surface area contributed by atoms with Crippen molar-refractivity contribution in [3.63, 3.8) is 0 Å². The molecule has 0 bridgehead atoms. The van der Waals surface area contributed by atoms with Gasteiger partial charge in [0.05, 0.1) is 5.52 Å². The van der Waals surface area contributed by atoms with Crippen molar-refractivity contribution in [3.8, 4) is 5.75 Å². The number of aromatic nitrogens is 2. The smallest absolute Gasteiger partial charge is 0.123 e. The van der Waals surface area contributed by atoms with Crippen molar-refractivity contribution < 1.29 is 4.74 Å². The number of hydrogen-bond acceptors (Lipinski definition) is 4. The lowest BCUT2D eigenvalue weighted by atomic mass is 10.2. The number of fused-ring (bicyclic) bond motifs is 1. The summed E-state index contributed by atoms with van der Waals surface area (Å²) in [6, 6.07) is 13.5. The molecule has 104 valence electrons. The molecule has 5 heteroatoms. The molecule has 21 heavy (non-hydrogen) atoms. The predicted octanol–water partition coefficient (Wildman–Crippen LogP) is 2.84. The highest BCUT2D eigenvalue weighted by atomic mass is 32.1. The number of benzene rings is 1. The molecule has 2 N–H and O–H groups in total. The molecule has 0 radical (unpaired) electrons. The van der Waals surface area contributed by atoms with E-state index in [1.807, 2.05) is 42.5 Å². The molecule has 3 aromatic rings. The number of hydrogen-bond donors (Lipinski definition) is 1. The van der Waals surface area contributed by atoms with E-state index in [4.69, 9.17) is 22.7 Å². The highest BCUT2D eigenvalue weighted by Crippen LogP contribution is 2.20. The summed E-state index contributed by atoms with van der Waals surface area (Å²) in [5.74, 6) is 0.749. The summed E-state index contributed by atoms with van der Waals surface area (Å²) in [6.45, 7) is 0.360. The van der Waals surface area contributed by atoms with Gasteiger partial charge in [-0.05, 0) is 24.3 Å². The number of nitrogens with two attached hydrogens (primary N) is 1. The summed E-state index contributed by atoms with van der Waals surface area (Å²) in [6.07, 6.45) is 3.43. The standard InChI is InChI=1S/C16H13N3OS/c17-16(21)15-12(4-2-8-19-15)10-20-13-6-5-11-3-1-7-18-14(11)9-13/h1-9H,10H2,(H2,17,21). The maximum Gasteiger partial charge on any atom is 0.123 e. The molecule has 0 fully saturated rings. The van der Waals surface area contributed by atoms with Crippen LogP contribution in [-0.4, -0.2) is 15.0 Å². The lowest BCUT2D eigenvalue weighted by molar-refractivity contribution is 0.306. The zero-order chi connectivity index (χ0) is 14.7. The molecular weight excluding hydrogens is 282 g/mol. The van der Waals surface area contributed by atoms with Crippen LogP contribution in [-0.2, 0) is 6.61 Å². The van der Waals surface area contributed by atoms with Crippen LogP contribution in [0.15, 0.2) is 54.9 Å². The van der Waals surface area contributed by atoms with Crippen molar-refractivity contribution in [2.75, 3.05) is 0 Å². The SMILES string of the molecule is NC(=S)c1ncccc1COc1ccc2cccnc2c1. The molecule has 0 aliphatic heterocycles. The van der Waals surface area contributed by atoms with E-state index in [1.54, 1.807) is 12.4 Å². The molecule has 4 nitrogen and oxygen atoms in total. The van der Waals surface area contributed by atoms with Crippen LogP contribution in [0.3, 0.4) is 0 Å². The fraction of sp³-hybridized carbons (Fsp3) is 0.0625. The van der Waals surface area contributed by atoms with Crippen molar-refractivity contribution in [1.29, 1.82) is 0 Å². The van der Waals surface area contributed by atoms with Crippen LogP contribution >= 0.6 is 12.2 Å². The summed E-state index contributed by atoms with van der Waals surface area (Å²) in [7, 11) is 0. The zero-order valence-electron chi connectivity index (χ0n) is 11.2. The molecule has 0 saturated carbocycles. The average molecular weight is 295 g/mol. The fourth-order valence-corrected chi connectivity index (χ4v) is 2.26. The monoisotopic (exact) mass is 295 g/mol. The van der Waals surface area contributed by atoms with Crippen molar-refractivity contribution in [2.24, 2.45) is 5.73 Å². The number of ether oxygens (including phenoxy) is 1. The first-order chi connectivity index (χ1) is 10.2. The van der Waals surface area contributed by atoms with Crippen LogP contribution in [0.1, 0.15) is 11.3 Å². The molecule has 0 amide bonds. The van der Waals surface area contributed by atoms with Gasteiger partial charge >= 0.3 is 0 Å². The third-order valence-electron chi connectivity index (χ3n) is 3.10. The zero-order valence-corrected chi connectivity index (χ0v) is 12.0. The van der Waals surface area contributed by atoms with Gasteiger partial charge in [0.1, 0.15) is 23.0 Å². The van der Waals surface area contributed by atoms with Gasteiger partial charge in [0.15, 0.2) is 0 Å². The normalized spacial score (nSPS) is 10.5. The predicted molar refractivity (Wildman–Crippen MR) is 86.2 cm³/mol. The lowest BCUT2D eigenvalue weighted by Crippen LogP contribution is -2.15. The van der Waals surface area contributed by atoms with Gasteiger partial charge in [-0.3, -0.25) is 9.97 Å². The van der Waals surface area contributed by atoms with Crippen LogP contribution in [0.2, 0.25) is 0 Å². The summed E-state index contributed by atoms with van der Waals surface area (Å²) in [5, 5.41) is 1.08. The fourth-order valence-electron chi connectivity index (χ4n) is 2.07. The molecule has 0 unspecified atom stereocenters. The second kappa shape index (κ2) is 5.85. The van der Waals surface area contributed by atoms with E-state index in [1.165, 1.54) is 0 Å². The summed E-state index contributed by atoms with van der Waals surface area (Å²) < 4.78 is 5.80. The van der Waals surface area contributed by atoms with Gasteiger partial charge in [0.2, 0.25) is 0 Å². The van der Waals surface area contributed by atoms with Gasteiger partial charge in [-0.25, -0.2) is 0 Å². The number of thiocarbonyl (C=S) groups is 1. The van der Waals surface area contributed by atoms with Gasteiger partial charge in [-0.2, -0.15) is 0 Å². The minimum atomic E-state index is 0.273. The second-order valence-electron chi connectivity index (χ2n) is 4.52. The Morgan fingerprint density at radius 3 is 2.76 bits per heavy atom. The van der Waals surface area contributed by atoms with Crippen molar-refractivity contribution in [2.45, 2.75) is 6.61 Å². The van der Waals surface area contributed by atoms with Crippen LogP contribution in [0, 0.1) is 0 Å². The van der Waals surface area contributed by atoms with Crippen molar-refractivity contribution >= 4 is 28.1 Å². The van der Waals surface area contributed by atoms with Gasteiger partial charge in [-0.15, -0.1) is 0 Å². The molecule has 0 aliphatic carbocycles. The largest absolute Gasteiger partial charge is 0.489 e. The maximum absolute atomic E-state index is 5.80. The molecule has 2 heterocycles. The van der Waals surface area contributed by atoms with Gasteiger partial charge in [0, 0.05) is 29.4 Å². The number of rotatable bonds is 4. The Kier molecular flexibility index (Phi) is 3.75. The van der Waals surface area contributed by atoms with Crippen LogP contribution in [0.5, 0.6) is 5.75 Å². The Balaban J connectivity index is 1.82. The van der Waals surface area contributed by atoms with E-state index in [9.17, 15) is 0 Å². The third-order valence-corrected chi connectivity index (χ3v) is 3.29. The first-order valence-corrected chi connectivity index (χ1v) is 6.86. The van der Waals surface area contributed by atoms with E-state index in [0.29, 0.717) is 12.3 Å². The van der Waals surface area contributed by atoms with E-state index < -0.39 is 0 Å². The Morgan fingerprint density at radius 2 is 1.90 bits per heavy atom. The topological polar surface area (TPSA) is 61.0 Å². The van der Waals surface area contributed by atoms with Crippen LogP contribution in [0.4, 0.5) is 0 Å². The van der Waals surface area contributed by atoms with Gasteiger partial charge < -0.3 is 10.5 Å². The highest BCUT2D eigenvalue weighted by Gasteiger charge is 2.07. The number of nitrogens with zero attached hydrogens (tertiary/aromatic N) is 2. The molecular formula is C16H13N3OS. The van der Waals surface area contributed by atoms with Gasteiger partial charge in [0.25, 0.3) is 0 Å². The lowest BCUT2D eigenvalue weighted by Gasteiger charge is -2.09. The molecule has 0 saturated heterocycles. The average Bonchev–Trinajstić information content (AvgIpc) is 2.53. The summed E-state index contributed by atoms with van der Waals surface area (Å²) in [5.41, 5.74) is 8.03. The Labute approximate surface area is 127 Å². The molecule has 3 rings (SSSR count). The minimum Gasteiger partial charge on any atom is -0.489 e. The Bertz CT molecular complexity index is 804. The van der Waals surface area contributed by atoms with Crippen molar-refractivity contribution in [1.82, 2.24) is 9.97 Å². The highest BCUT2D eigenvalue weighted by molar-refractivity contribution is 7.80. The van der Waals surface area contributed by atoms with E-state index in [-0.39, 0.29) is 4.99 Å². The maximum atomic E-state index is 5.80. The first kappa shape index (κ1) is 13.5. The number of pyridine rings is 2. The molecule has 0 spiro atoms. The summed E-state index contributed by atoms with van der Waals surface area (Å²) in [4.78, 5) is 8.76. The van der Waals surface area contributed by atoms with Gasteiger partial charge in [-0.1, -0.05) is 24.4 Å². The quantitative estimate of drug-likeness (QED) is 0.750. The van der Waals surface area contributed by atoms with Crippen molar-refractivity contribution in [3.05, 3.63) is 66.1 Å². The molecule has 2 aromatic heterocycles.